The molecule has 0 aliphatic carbocycles. The van der Waals surface area contributed by atoms with Gasteiger partial charge in [0.25, 0.3) is 0 Å². The van der Waals surface area contributed by atoms with Crippen LogP contribution in [0.3, 0.4) is 0 Å². The van der Waals surface area contributed by atoms with E-state index in [1.807, 2.05) is 26.0 Å². The summed E-state index contributed by atoms with van der Waals surface area (Å²) in [4.78, 5) is 38.0. The molecule has 0 amide bonds. The van der Waals surface area contributed by atoms with Crippen molar-refractivity contribution in [2.45, 2.75) is 20.8 Å². The van der Waals surface area contributed by atoms with Crippen molar-refractivity contribution in [2.24, 2.45) is 0 Å². The summed E-state index contributed by atoms with van der Waals surface area (Å²) in [6.07, 6.45) is 0. The second kappa shape index (κ2) is 8.05. The van der Waals surface area contributed by atoms with E-state index in [9.17, 15) is 14.4 Å². The van der Waals surface area contributed by atoms with Gasteiger partial charge in [-0.1, -0.05) is 59.7 Å². The summed E-state index contributed by atoms with van der Waals surface area (Å²) in [6, 6.07) is 15.7. The maximum absolute atomic E-state index is 13.1. The minimum atomic E-state index is -0.896. The largest absolute Gasteiger partial charge is 0.462 e. The average Bonchev–Trinajstić information content (AvgIpc) is 2.68. The van der Waals surface area contributed by atoms with Crippen LogP contribution >= 0.6 is 0 Å². The number of esters is 1. The highest BCUT2D eigenvalue weighted by Gasteiger charge is 2.26. The van der Waals surface area contributed by atoms with Crippen LogP contribution in [0.1, 0.15) is 44.3 Å². The lowest BCUT2D eigenvalue weighted by Crippen LogP contribution is -2.22. The molecule has 3 aromatic rings. The Labute approximate surface area is 162 Å². The van der Waals surface area contributed by atoms with Crippen molar-refractivity contribution in [2.75, 3.05) is 6.61 Å². The third-order valence-electron chi connectivity index (χ3n) is 4.33. The standard InChI is InChI=1S/C23H20O5/c1-4-27-22(25)20-18(21(24)17-11-7-15(3)8-12-17)13-19(28-23(20)26)16-9-5-14(2)6-10-16/h5-13H,4H2,1-3H3. The van der Waals surface area contributed by atoms with Gasteiger partial charge in [0.2, 0.25) is 0 Å². The zero-order valence-corrected chi connectivity index (χ0v) is 15.9. The fraction of sp³-hybridized carbons (Fsp3) is 0.174. The summed E-state index contributed by atoms with van der Waals surface area (Å²) >= 11 is 0. The van der Waals surface area contributed by atoms with Crippen LogP contribution in [0.15, 0.2) is 63.8 Å². The van der Waals surface area contributed by atoms with Crippen LogP contribution in [0.2, 0.25) is 0 Å². The number of carbonyl (C=O) groups excluding carboxylic acids is 2. The molecule has 0 aliphatic heterocycles. The lowest BCUT2D eigenvalue weighted by atomic mass is 9.97. The van der Waals surface area contributed by atoms with Crippen molar-refractivity contribution in [1.29, 1.82) is 0 Å². The van der Waals surface area contributed by atoms with E-state index in [1.54, 1.807) is 43.3 Å². The van der Waals surface area contributed by atoms with Gasteiger partial charge >= 0.3 is 11.6 Å². The zero-order valence-electron chi connectivity index (χ0n) is 15.9. The topological polar surface area (TPSA) is 73.6 Å². The number of ether oxygens (including phenoxy) is 1. The number of hydrogen-bond donors (Lipinski definition) is 0. The maximum Gasteiger partial charge on any atom is 0.351 e. The van der Waals surface area contributed by atoms with Gasteiger partial charge < -0.3 is 9.15 Å². The van der Waals surface area contributed by atoms with E-state index < -0.39 is 17.4 Å². The highest BCUT2D eigenvalue weighted by atomic mass is 16.5. The molecule has 0 radical (unpaired) electrons. The minimum Gasteiger partial charge on any atom is -0.462 e. The fourth-order valence-electron chi connectivity index (χ4n) is 2.79. The monoisotopic (exact) mass is 376 g/mol. The first kappa shape index (κ1) is 19.3. The first-order valence-corrected chi connectivity index (χ1v) is 8.94. The Morgan fingerprint density at radius 3 is 2.07 bits per heavy atom. The van der Waals surface area contributed by atoms with Gasteiger partial charge in [-0.25, -0.2) is 9.59 Å². The van der Waals surface area contributed by atoms with Crippen molar-refractivity contribution < 1.29 is 18.7 Å². The molecule has 0 bridgehead atoms. The molecule has 0 unspecified atom stereocenters. The summed E-state index contributed by atoms with van der Waals surface area (Å²) in [5.74, 6) is -1.10. The molecule has 0 fully saturated rings. The number of aryl methyl sites for hydroxylation is 2. The molecule has 5 heteroatoms. The quantitative estimate of drug-likeness (QED) is 0.489. The molecular weight excluding hydrogens is 356 g/mol. The van der Waals surface area contributed by atoms with Crippen LogP contribution in [-0.4, -0.2) is 18.4 Å². The summed E-state index contributed by atoms with van der Waals surface area (Å²) in [5.41, 5.74) is 1.73. The number of rotatable bonds is 5. The summed E-state index contributed by atoms with van der Waals surface area (Å²) < 4.78 is 10.3. The van der Waals surface area contributed by atoms with Crippen molar-refractivity contribution >= 4 is 11.8 Å². The summed E-state index contributed by atoms with van der Waals surface area (Å²) in [6.45, 7) is 5.55. The molecule has 0 atom stereocenters. The van der Waals surface area contributed by atoms with Crippen molar-refractivity contribution in [3.63, 3.8) is 0 Å². The Morgan fingerprint density at radius 1 is 0.929 bits per heavy atom. The molecule has 0 saturated heterocycles. The second-order valence-corrected chi connectivity index (χ2v) is 6.47. The number of carbonyl (C=O) groups is 2. The fourth-order valence-corrected chi connectivity index (χ4v) is 2.79. The Kier molecular flexibility index (Phi) is 5.54. The van der Waals surface area contributed by atoms with E-state index in [0.717, 1.165) is 11.1 Å². The molecule has 142 valence electrons. The van der Waals surface area contributed by atoms with Crippen LogP contribution in [0.4, 0.5) is 0 Å². The van der Waals surface area contributed by atoms with Crippen molar-refractivity contribution in [3.05, 3.63) is 92.8 Å². The number of ketones is 1. The van der Waals surface area contributed by atoms with Crippen molar-refractivity contribution in [1.82, 2.24) is 0 Å². The van der Waals surface area contributed by atoms with Crippen LogP contribution in [0.5, 0.6) is 0 Å². The third-order valence-corrected chi connectivity index (χ3v) is 4.33. The zero-order chi connectivity index (χ0) is 20.3. The molecule has 0 spiro atoms. The van der Waals surface area contributed by atoms with Crippen LogP contribution in [0, 0.1) is 13.8 Å². The molecule has 28 heavy (non-hydrogen) atoms. The first-order chi connectivity index (χ1) is 13.4. The Hall–Kier alpha value is -3.47. The normalized spacial score (nSPS) is 10.5. The molecule has 0 N–H and O–H groups in total. The predicted molar refractivity (Wildman–Crippen MR) is 106 cm³/mol. The van der Waals surface area contributed by atoms with E-state index in [4.69, 9.17) is 9.15 Å². The van der Waals surface area contributed by atoms with E-state index in [-0.39, 0.29) is 23.5 Å². The maximum atomic E-state index is 13.1. The Morgan fingerprint density at radius 2 is 1.50 bits per heavy atom. The molecule has 5 nitrogen and oxygen atoms in total. The molecule has 1 aromatic heterocycles. The Balaban J connectivity index is 2.19. The van der Waals surface area contributed by atoms with E-state index in [2.05, 4.69) is 0 Å². The van der Waals surface area contributed by atoms with Gasteiger partial charge in [-0.05, 0) is 26.8 Å². The molecule has 0 aliphatic rings. The number of hydrogen-bond acceptors (Lipinski definition) is 5. The minimum absolute atomic E-state index is 0.0332. The van der Waals surface area contributed by atoms with Crippen LogP contribution < -0.4 is 5.63 Å². The van der Waals surface area contributed by atoms with Gasteiger partial charge in [-0.15, -0.1) is 0 Å². The van der Waals surface area contributed by atoms with Gasteiger partial charge in [-0.2, -0.15) is 0 Å². The van der Waals surface area contributed by atoms with Crippen LogP contribution in [-0.2, 0) is 4.74 Å². The molecular formula is C23H20O5. The number of benzene rings is 2. The van der Waals surface area contributed by atoms with E-state index in [1.165, 1.54) is 6.07 Å². The first-order valence-electron chi connectivity index (χ1n) is 8.94. The van der Waals surface area contributed by atoms with E-state index >= 15 is 0 Å². The lowest BCUT2D eigenvalue weighted by Gasteiger charge is -2.10. The molecule has 1 heterocycles. The third kappa shape index (κ3) is 3.93. The van der Waals surface area contributed by atoms with E-state index in [0.29, 0.717) is 11.1 Å². The SMILES string of the molecule is CCOC(=O)c1c(C(=O)c2ccc(C)cc2)cc(-c2ccc(C)cc2)oc1=O. The molecule has 3 rings (SSSR count). The summed E-state index contributed by atoms with van der Waals surface area (Å²) in [5, 5.41) is 0. The van der Waals surface area contributed by atoms with Crippen molar-refractivity contribution in [3.8, 4) is 11.3 Å². The van der Waals surface area contributed by atoms with Gasteiger partial charge in [0.1, 0.15) is 5.76 Å². The van der Waals surface area contributed by atoms with Gasteiger partial charge in [0, 0.05) is 16.7 Å². The van der Waals surface area contributed by atoms with Gasteiger partial charge in [0.15, 0.2) is 11.3 Å². The summed E-state index contributed by atoms with van der Waals surface area (Å²) in [7, 11) is 0. The average molecular weight is 376 g/mol. The highest BCUT2D eigenvalue weighted by molar-refractivity contribution is 6.14. The van der Waals surface area contributed by atoms with Crippen LogP contribution in [0.25, 0.3) is 11.3 Å². The highest BCUT2D eigenvalue weighted by Crippen LogP contribution is 2.23. The second-order valence-electron chi connectivity index (χ2n) is 6.47. The smallest absolute Gasteiger partial charge is 0.351 e. The molecule has 0 saturated carbocycles. The van der Waals surface area contributed by atoms with Gasteiger partial charge in [-0.3, -0.25) is 4.79 Å². The molecule has 2 aromatic carbocycles. The lowest BCUT2D eigenvalue weighted by molar-refractivity contribution is 0.0518. The van der Waals surface area contributed by atoms with Gasteiger partial charge in [0.05, 0.1) is 6.61 Å². The Bertz CT molecular complexity index is 1070. The predicted octanol–water partition coefficient (Wildman–Crippen LogP) is 4.33.